The fourth-order valence-corrected chi connectivity index (χ4v) is 3.46. The van der Waals surface area contributed by atoms with E-state index in [0.717, 1.165) is 21.4 Å². The largest absolute Gasteiger partial charge is 0.452 e. The first-order valence-electron chi connectivity index (χ1n) is 8.68. The van der Waals surface area contributed by atoms with Crippen LogP contribution in [0.4, 0.5) is 5.69 Å². The van der Waals surface area contributed by atoms with E-state index < -0.39 is 12.1 Å². The molecule has 0 saturated carbocycles. The van der Waals surface area contributed by atoms with Gasteiger partial charge >= 0.3 is 5.97 Å². The second-order valence-electron chi connectivity index (χ2n) is 6.16. The van der Waals surface area contributed by atoms with Gasteiger partial charge in [0.25, 0.3) is 5.91 Å². The molecule has 0 heterocycles. The van der Waals surface area contributed by atoms with Crippen LogP contribution >= 0.6 is 11.8 Å². The first-order valence-corrected chi connectivity index (χ1v) is 9.67. The summed E-state index contributed by atoms with van der Waals surface area (Å²) in [7, 11) is 1.67. The zero-order valence-corrected chi connectivity index (χ0v) is 16.1. The number of amides is 1. The highest BCUT2D eigenvalue weighted by molar-refractivity contribution is 8.00. The van der Waals surface area contributed by atoms with E-state index in [1.165, 1.54) is 16.7 Å². The van der Waals surface area contributed by atoms with Gasteiger partial charge in [-0.05, 0) is 42.0 Å². The van der Waals surface area contributed by atoms with Gasteiger partial charge in [0, 0.05) is 17.6 Å². The highest BCUT2D eigenvalue weighted by Crippen LogP contribution is 2.24. The van der Waals surface area contributed by atoms with Gasteiger partial charge in [0.05, 0.1) is 5.75 Å². The predicted molar refractivity (Wildman–Crippen MR) is 110 cm³/mol. The van der Waals surface area contributed by atoms with Crippen LogP contribution < -0.4 is 4.90 Å². The minimum absolute atomic E-state index is 0.158. The van der Waals surface area contributed by atoms with E-state index in [1.54, 1.807) is 14.0 Å². The van der Waals surface area contributed by atoms with Gasteiger partial charge in [-0.2, -0.15) is 0 Å². The Morgan fingerprint density at radius 1 is 0.963 bits per heavy atom. The molecule has 0 aliphatic carbocycles. The molecular weight excluding hydrogens is 358 g/mol. The molecule has 0 aromatic heterocycles. The van der Waals surface area contributed by atoms with Crippen molar-refractivity contribution in [1.82, 2.24) is 0 Å². The van der Waals surface area contributed by atoms with Crippen LogP contribution in [0, 0.1) is 0 Å². The number of hydrogen-bond acceptors (Lipinski definition) is 4. The van der Waals surface area contributed by atoms with Crippen LogP contribution in [0.2, 0.25) is 0 Å². The standard InChI is InChI=1S/C22H21NO3S/c1-16(22(25)23(2)19-10-4-3-5-11-19)26-21(24)15-27-20-13-12-17-8-6-7-9-18(17)14-20/h3-14,16H,15H2,1-2H3/t16-/m1/s1. The minimum Gasteiger partial charge on any atom is -0.452 e. The number of para-hydroxylation sites is 1. The summed E-state index contributed by atoms with van der Waals surface area (Å²) in [5.41, 5.74) is 0.760. The zero-order chi connectivity index (χ0) is 19.2. The molecule has 27 heavy (non-hydrogen) atoms. The third-order valence-electron chi connectivity index (χ3n) is 4.21. The molecule has 0 spiro atoms. The Morgan fingerprint density at radius 2 is 1.63 bits per heavy atom. The van der Waals surface area contributed by atoms with E-state index in [9.17, 15) is 9.59 Å². The molecule has 4 nitrogen and oxygen atoms in total. The van der Waals surface area contributed by atoms with Gasteiger partial charge in [0.1, 0.15) is 0 Å². The number of fused-ring (bicyclic) bond motifs is 1. The molecule has 1 atom stereocenters. The highest BCUT2D eigenvalue weighted by Gasteiger charge is 2.22. The van der Waals surface area contributed by atoms with Gasteiger partial charge in [0.15, 0.2) is 6.10 Å². The molecule has 0 unspecified atom stereocenters. The number of rotatable bonds is 6. The number of likely N-dealkylation sites (N-methyl/N-ethyl adjacent to an activating group) is 1. The minimum atomic E-state index is -0.833. The van der Waals surface area contributed by atoms with Crippen LogP contribution in [0.15, 0.2) is 77.7 Å². The van der Waals surface area contributed by atoms with Crippen molar-refractivity contribution in [2.24, 2.45) is 0 Å². The smallest absolute Gasteiger partial charge is 0.317 e. The third-order valence-corrected chi connectivity index (χ3v) is 5.17. The summed E-state index contributed by atoms with van der Waals surface area (Å²) >= 11 is 1.40. The molecule has 0 aliphatic rings. The predicted octanol–water partition coefficient (Wildman–Crippen LogP) is 4.53. The van der Waals surface area contributed by atoms with Gasteiger partial charge in [0.2, 0.25) is 0 Å². The average molecular weight is 379 g/mol. The SMILES string of the molecule is C[C@@H](OC(=O)CSc1ccc2ccccc2c1)C(=O)N(C)c1ccccc1. The Hall–Kier alpha value is -2.79. The van der Waals surface area contributed by atoms with Gasteiger partial charge in [-0.1, -0.05) is 48.5 Å². The van der Waals surface area contributed by atoms with Crippen molar-refractivity contribution in [3.8, 4) is 0 Å². The number of thioether (sulfide) groups is 1. The molecule has 1 amide bonds. The van der Waals surface area contributed by atoms with Crippen molar-refractivity contribution < 1.29 is 14.3 Å². The quantitative estimate of drug-likeness (QED) is 0.466. The molecule has 0 N–H and O–H groups in total. The lowest BCUT2D eigenvalue weighted by molar-refractivity contribution is -0.151. The van der Waals surface area contributed by atoms with Crippen molar-refractivity contribution in [3.63, 3.8) is 0 Å². The maximum Gasteiger partial charge on any atom is 0.317 e. The molecule has 3 aromatic carbocycles. The maximum atomic E-state index is 12.4. The lowest BCUT2D eigenvalue weighted by Crippen LogP contribution is -2.37. The summed E-state index contributed by atoms with van der Waals surface area (Å²) in [5.74, 6) is -0.508. The Morgan fingerprint density at radius 3 is 2.37 bits per heavy atom. The molecule has 3 aromatic rings. The summed E-state index contributed by atoms with van der Waals surface area (Å²) in [6.45, 7) is 1.60. The molecule has 3 rings (SSSR count). The van der Waals surface area contributed by atoms with Crippen molar-refractivity contribution >= 4 is 40.1 Å². The molecule has 138 valence electrons. The summed E-state index contributed by atoms with van der Waals surface area (Å²) in [6, 6.07) is 23.4. The maximum absolute atomic E-state index is 12.4. The Labute approximate surface area is 163 Å². The van der Waals surface area contributed by atoms with E-state index >= 15 is 0 Å². The molecule has 0 radical (unpaired) electrons. The molecule has 0 saturated heterocycles. The van der Waals surface area contributed by atoms with Gasteiger partial charge < -0.3 is 9.64 Å². The number of esters is 1. The van der Waals surface area contributed by atoms with Crippen LogP contribution in [-0.2, 0) is 14.3 Å². The molecule has 0 fully saturated rings. The van der Waals surface area contributed by atoms with E-state index in [2.05, 4.69) is 6.07 Å². The van der Waals surface area contributed by atoms with E-state index in [1.807, 2.05) is 66.7 Å². The van der Waals surface area contributed by atoms with Crippen molar-refractivity contribution in [2.75, 3.05) is 17.7 Å². The number of ether oxygens (including phenoxy) is 1. The van der Waals surface area contributed by atoms with Crippen molar-refractivity contribution in [3.05, 3.63) is 72.8 Å². The molecule has 0 bridgehead atoms. The van der Waals surface area contributed by atoms with Crippen molar-refractivity contribution in [1.29, 1.82) is 0 Å². The Balaban J connectivity index is 1.54. The highest BCUT2D eigenvalue weighted by atomic mass is 32.2. The number of carbonyl (C=O) groups excluding carboxylic acids is 2. The number of anilines is 1. The summed E-state index contributed by atoms with van der Waals surface area (Å²) in [4.78, 5) is 27.1. The summed E-state index contributed by atoms with van der Waals surface area (Å²) in [5, 5.41) is 2.29. The number of benzene rings is 3. The number of nitrogens with zero attached hydrogens (tertiary/aromatic N) is 1. The van der Waals surface area contributed by atoms with E-state index in [4.69, 9.17) is 4.74 Å². The fraction of sp³-hybridized carbons (Fsp3) is 0.182. The second kappa shape index (κ2) is 8.73. The summed E-state index contributed by atoms with van der Waals surface area (Å²) in [6.07, 6.45) is -0.833. The third kappa shape index (κ3) is 4.89. The van der Waals surface area contributed by atoms with E-state index in [-0.39, 0.29) is 11.7 Å². The Kier molecular flexibility index (Phi) is 6.14. The van der Waals surface area contributed by atoms with Crippen LogP contribution in [-0.4, -0.2) is 30.8 Å². The normalized spacial score (nSPS) is 11.8. The molecular formula is C22H21NO3S. The van der Waals surface area contributed by atoms with Crippen LogP contribution in [0.5, 0.6) is 0 Å². The number of carbonyl (C=O) groups is 2. The second-order valence-corrected chi connectivity index (χ2v) is 7.21. The first-order chi connectivity index (χ1) is 13.0. The van der Waals surface area contributed by atoms with Crippen molar-refractivity contribution in [2.45, 2.75) is 17.9 Å². The average Bonchev–Trinajstić information content (AvgIpc) is 2.71. The van der Waals surface area contributed by atoms with Crippen LogP contribution in [0.25, 0.3) is 10.8 Å². The fourth-order valence-electron chi connectivity index (χ4n) is 2.73. The van der Waals surface area contributed by atoms with Crippen LogP contribution in [0.1, 0.15) is 6.92 Å². The Bertz CT molecular complexity index is 942. The topological polar surface area (TPSA) is 46.6 Å². The molecule has 0 aliphatic heterocycles. The van der Waals surface area contributed by atoms with Gasteiger partial charge in [-0.25, -0.2) is 0 Å². The summed E-state index contributed by atoms with van der Waals surface area (Å²) < 4.78 is 5.31. The number of hydrogen-bond donors (Lipinski definition) is 0. The van der Waals surface area contributed by atoms with Gasteiger partial charge in [-0.3, -0.25) is 9.59 Å². The lowest BCUT2D eigenvalue weighted by Gasteiger charge is -2.21. The lowest BCUT2D eigenvalue weighted by atomic mass is 10.1. The zero-order valence-electron chi connectivity index (χ0n) is 15.3. The van der Waals surface area contributed by atoms with Gasteiger partial charge in [-0.15, -0.1) is 11.8 Å². The first kappa shape index (κ1) is 19.0. The van der Waals surface area contributed by atoms with E-state index in [0.29, 0.717) is 0 Å². The monoisotopic (exact) mass is 379 g/mol. The van der Waals surface area contributed by atoms with Crippen LogP contribution in [0.3, 0.4) is 0 Å². The molecule has 5 heteroatoms.